The third kappa shape index (κ3) is 4.48. The largest absolute Gasteiger partial charge is 0.573 e. The molecule has 0 unspecified atom stereocenters. The fourth-order valence-corrected chi connectivity index (χ4v) is 1.67. The number of halogens is 6. The predicted molar refractivity (Wildman–Crippen MR) is 59.5 cm³/mol. The van der Waals surface area contributed by atoms with Gasteiger partial charge in [0.1, 0.15) is 5.56 Å². The van der Waals surface area contributed by atoms with Gasteiger partial charge in [0.05, 0.1) is 25.4 Å². The van der Waals surface area contributed by atoms with Gasteiger partial charge in [0.2, 0.25) is 0 Å². The number of carbonyl (C=O) groups is 1. The Hall–Kier alpha value is -2.04. The number of ether oxygens (including phenoxy) is 2. The molecule has 124 valence electrons. The Kier molecular flexibility index (Phi) is 5.22. The Labute approximate surface area is 120 Å². The summed E-state index contributed by atoms with van der Waals surface area (Å²) < 4.78 is 83.2. The maximum atomic E-state index is 13.0. The minimum Gasteiger partial charge on any atom is -0.469 e. The number of alkyl halides is 6. The van der Waals surface area contributed by atoms with E-state index in [1.54, 1.807) is 0 Å². The number of nitrogens with two attached hydrogens (primary N) is 1. The molecule has 0 bridgehead atoms. The van der Waals surface area contributed by atoms with E-state index in [1.807, 2.05) is 0 Å². The number of hydrogen-bond donors (Lipinski definition) is 1. The number of pyridine rings is 1. The van der Waals surface area contributed by atoms with E-state index in [-0.39, 0.29) is 6.20 Å². The Morgan fingerprint density at radius 2 is 1.86 bits per heavy atom. The van der Waals surface area contributed by atoms with Crippen LogP contribution in [0.5, 0.6) is 5.75 Å². The van der Waals surface area contributed by atoms with Crippen LogP contribution in [0.4, 0.5) is 26.3 Å². The van der Waals surface area contributed by atoms with Crippen LogP contribution in [-0.4, -0.2) is 24.4 Å². The summed E-state index contributed by atoms with van der Waals surface area (Å²) in [7, 11) is 0.996. The zero-order valence-electron chi connectivity index (χ0n) is 11.0. The van der Waals surface area contributed by atoms with Crippen LogP contribution in [0.1, 0.15) is 16.8 Å². The monoisotopic (exact) mass is 332 g/mol. The lowest BCUT2D eigenvalue weighted by atomic mass is 10.0. The van der Waals surface area contributed by atoms with Gasteiger partial charge in [0, 0.05) is 12.1 Å². The molecule has 0 radical (unpaired) electrons. The van der Waals surface area contributed by atoms with Gasteiger partial charge < -0.3 is 15.2 Å². The zero-order chi connectivity index (χ0) is 17.1. The first kappa shape index (κ1) is 18.0. The molecule has 22 heavy (non-hydrogen) atoms. The van der Waals surface area contributed by atoms with Gasteiger partial charge in [0.25, 0.3) is 0 Å². The van der Waals surface area contributed by atoms with Crippen molar-refractivity contribution in [3.8, 4) is 5.75 Å². The molecule has 11 heteroatoms. The Morgan fingerprint density at radius 1 is 1.27 bits per heavy atom. The summed E-state index contributed by atoms with van der Waals surface area (Å²) >= 11 is 0. The second kappa shape index (κ2) is 6.38. The van der Waals surface area contributed by atoms with Gasteiger partial charge in [-0.05, 0) is 0 Å². The van der Waals surface area contributed by atoms with Crippen LogP contribution in [0.3, 0.4) is 0 Å². The van der Waals surface area contributed by atoms with E-state index in [0.29, 0.717) is 0 Å². The number of rotatable bonds is 4. The molecule has 0 aromatic carbocycles. The average Bonchev–Trinajstić information content (AvgIpc) is 2.36. The minimum absolute atomic E-state index is 0.244. The molecule has 1 aromatic heterocycles. The standard InChI is InChI=1S/C11H10F6N2O3/c1-21-8(20)2-6-5(3-18)9(10(12,13)14)7(4-19-6)22-11(15,16)17/h4H,2-3,18H2,1H3. The highest BCUT2D eigenvalue weighted by molar-refractivity contribution is 5.72. The predicted octanol–water partition coefficient (Wildman–Crippen LogP) is 2.17. The van der Waals surface area contributed by atoms with E-state index in [0.717, 1.165) is 7.11 Å². The molecule has 0 saturated heterocycles. The highest BCUT2D eigenvalue weighted by Crippen LogP contribution is 2.41. The Balaban J connectivity index is 3.47. The highest BCUT2D eigenvalue weighted by Gasteiger charge is 2.42. The minimum atomic E-state index is -5.34. The quantitative estimate of drug-likeness (QED) is 0.676. The number of methoxy groups -OCH3 is 1. The van der Waals surface area contributed by atoms with Crippen LogP contribution in [0.2, 0.25) is 0 Å². The summed E-state index contributed by atoms with van der Waals surface area (Å²) in [5.41, 5.74) is 2.25. The Morgan fingerprint density at radius 3 is 2.27 bits per heavy atom. The third-order valence-electron chi connectivity index (χ3n) is 2.49. The van der Waals surface area contributed by atoms with E-state index >= 15 is 0 Å². The lowest BCUT2D eigenvalue weighted by Crippen LogP contribution is -2.24. The number of carbonyl (C=O) groups excluding carboxylic acids is 1. The summed E-state index contributed by atoms with van der Waals surface area (Å²) in [4.78, 5) is 14.5. The van der Waals surface area contributed by atoms with Crippen molar-refractivity contribution in [3.63, 3.8) is 0 Å². The maximum Gasteiger partial charge on any atom is 0.573 e. The van der Waals surface area contributed by atoms with Crippen molar-refractivity contribution in [2.75, 3.05) is 7.11 Å². The smallest absolute Gasteiger partial charge is 0.469 e. The number of aromatic nitrogens is 1. The van der Waals surface area contributed by atoms with Crippen molar-refractivity contribution in [1.29, 1.82) is 0 Å². The molecule has 0 aliphatic heterocycles. The SMILES string of the molecule is COC(=O)Cc1ncc(OC(F)(F)F)c(C(F)(F)F)c1CN. The molecular weight excluding hydrogens is 322 g/mol. The van der Waals surface area contributed by atoms with Gasteiger partial charge in [-0.25, -0.2) is 0 Å². The second-order valence-corrected chi connectivity index (χ2v) is 3.93. The highest BCUT2D eigenvalue weighted by atomic mass is 19.4. The summed E-state index contributed by atoms with van der Waals surface area (Å²) in [5.74, 6) is -2.45. The van der Waals surface area contributed by atoms with E-state index < -0.39 is 54.0 Å². The molecular formula is C11H10F6N2O3. The molecule has 0 saturated carbocycles. The molecule has 0 spiro atoms. The molecule has 0 fully saturated rings. The number of hydrogen-bond acceptors (Lipinski definition) is 5. The fourth-order valence-electron chi connectivity index (χ4n) is 1.67. The fraction of sp³-hybridized carbons (Fsp3) is 0.455. The topological polar surface area (TPSA) is 74.4 Å². The van der Waals surface area contributed by atoms with Gasteiger partial charge in [-0.2, -0.15) is 13.2 Å². The van der Waals surface area contributed by atoms with Crippen LogP contribution >= 0.6 is 0 Å². The molecule has 0 amide bonds. The number of nitrogens with zero attached hydrogens (tertiary/aromatic N) is 1. The second-order valence-electron chi connectivity index (χ2n) is 3.93. The molecule has 1 rings (SSSR count). The van der Waals surface area contributed by atoms with E-state index in [9.17, 15) is 31.1 Å². The molecule has 1 heterocycles. The summed E-state index contributed by atoms with van der Waals surface area (Å²) in [6.07, 6.45) is -10.9. The normalized spacial score (nSPS) is 12.2. The average molecular weight is 332 g/mol. The van der Waals surface area contributed by atoms with E-state index in [2.05, 4.69) is 14.5 Å². The lowest BCUT2D eigenvalue weighted by Gasteiger charge is -2.19. The summed E-state index contributed by atoms with van der Waals surface area (Å²) in [6.45, 7) is -0.788. The van der Waals surface area contributed by atoms with Crippen LogP contribution in [0, 0.1) is 0 Å². The molecule has 0 aliphatic rings. The van der Waals surface area contributed by atoms with Crippen molar-refractivity contribution in [2.45, 2.75) is 25.5 Å². The first-order valence-corrected chi connectivity index (χ1v) is 5.60. The van der Waals surface area contributed by atoms with Gasteiger partial charge in [-0.1, -0.05) is 0 Å². The van der Waals surface area contributed by atoms with Crippen LogP contribution in [-0.2, 0) is 28.7 Å². The lowest BCUT2D eigenvalue weighted by molar-refractivity contribution is -0.276. The van der Waals surface area contributed by atoms with Crippen molar-refractivity contribution < 1.29 is 40.6 Å². The van der Waals surface area contributed by atoms with Crippen molar-refractivity contribution in [2.24, 2.45) is 5.73 Å². The van der Waals surface area contributed by atoms with Gasteiger partial charge in [0.15, 0.2) is 5.75 Å². The zero-order valence-corrected chi connectivity index (χ0v) is 11.0. The first-order chi connectivity index (χ1) is 9.99. The third-order valence-corrected chi connectivity index (χ3v) is 2.49. The molecule has 5 nitrogen and oxygen atoms in total. The van der Waals surface area contributed by atoms with Crippen molar-refractivity contribution in [1.82, 2.24) is 4.98 Å². The van der Waals surface area contributed by atoms with Crippen LogP contribution in [0.15, 0.2) is 6.20 Å². The summed E-state index contributed by atoms with van der Waals surface area (Å²) in [6, 6.07) is 0. The van der Waals surface area contributed by atoms with Gasteiger partial charge >= 0.3 is 18.5 Å². The summed E-state index contributed by atoms with van der Waals surface area (Å²) in [5, 5.41) is 0. The number of esters is 1. The molecule has 0 atom stereocenters. The molecule has 1 aromatic rings. The van der Waals surface area contributed by atoms with Crippen LogP contribution < -0.4 is 10.5 Å². The van der Waals surface area contributed by atoms with E-state index in [1.165, 1.54) is 0 Å². The first-order valence-electron chi connectivity index (χ1n) is 5.60. The van der Waals surface area contributed by atoms with Gasteiger partial charge in [-0.3, -0.25) is 9.78 Å². The van der Waals surface area contributed by atoms with E-state index in [4.69, 9.17) is 5.73 Å². The molecule has 0 aliphatic carbocycles. The van der Waals surface area contributed by atoms with Crippen LogP contribution in [0.25, 0.3) is 0 Å². The van der Waals surface area contributed by atoms with Gasteiger partial charge in [-0.15, -0.1) is 13.2 Å². The maximum absolute atomic E-state index is 13.0. The van der Waals surface area contributed by atoms with Crippen molar-refractivity contribution in [3.05, 3.63) is 23.0 Å². The Bertz CT molecular complexity index is 556. The molecule has 2 N–H and O–H groups in total. The van der Waals surface area contributed by atoms with Crippen molar-refractivity contribution >= 4 is 5.97 Å².